The number of esters is 1. The molecule has 1 saturated carbocycles. The summed E-state index contributed by atoms with van der Waals surface area (Å²) in [6.07, 6.45) is 8.46. The molecule has 0 bridgehead atoms. The zero-order valence-electron chi connectivity index (χ0n) is 18.6. The predicted octanol–water partition coefficient (Wildman–Crippen LogP) is 6.58. The van der Waals surface area contributed by atoms with Gasteiger partial charge in [0.2, 0.25) is 0 Å². The van der Waals surface area contributed by atoms with Gasteiger partial charge in [-0.3, -0.25) is 4.79 Å². The van der Waals surface area contributed by atoms with Gasteiger partial charge >= 0.3 is 5.97 Å². The average molecular weight is 413 g/mol. The summed E-state index contributed by atoms with van der Waals surface area (Å²) in [6, 6.07) is 19.4. The maximum Gasteiger partial charge on any atom is 0.314 e. The molecule has 5 rings (SSSR count). The van der Waals surface area contributed by atoms with Gasteiger partial charge in [0, 0.05) is 11.8 Å². The van der Waals surface area contributed by atoms with Crippen molar-refractivity contribution in [2.24, 2.45) is 23.7 Å². The van der Waals surface area contributed by atoms with E-state index in [0.717, 1.165) is 25.7 Å². The van der Waals surface area contributed by atoms with E-state index in [9.17, 15) is 4.79 Å². The van der Waals surface area contributed by atoms with Crippen molar-refractivity contribution in [3.05, 3.63) is 89.5 Å². The molecule has 0 amide bonds. The number of carbonyl (C=O) groups excluding carboxylic acids is 1. The van der Waals surface area contributed by atoms with E-state index in [1.165, 1.54) is 22.3 Å². The van der Waals surface area contributed by atoms with Crippen LogP contribution in [0.15, 0.2) is 72.8 Å². The van der Waals surface area contributed by atoms with Crippen LogP contribution in [0.4, 0.5) is 0 Å². The first-order valence-electron chi connectivity index (χ1n) is 11.7. The van der Waals surface area contributed by atoms with Gasteiger partial charge in [-0.2, -0.15) is 0 Å². The molecule has 1 spiro atoms. The summed E-state index contributed by atoms with van der Waals surface area (Å²) in [4.78, 5) is 13.4. The van der Waals surface area contributed by atoms with Crippen molar-refractivity contribution in [1.29, 1.82) is 0 Å². The largest absolute Gasteiger partial charge is 0.453 e. The lowest BCUT2D eigenvalue weighted by atomic mass is 9.53. The summed E-state index contributed by atoms with van der Waals surface area (Å²) in [5, 5.41) is 0. The second-order valence-electron chi connectivity index (χ2n) is 9.89. The molecular weight excluding hydrogens is 380 g/mol. The molecular formula is C29H32O2. The van der Waals surface area contributed by atoms with Crippen LogP contribution in [0, 0.1) is 23.7 Å². The number of carbonyl (C=O) groups is 1. The van der Waals surface area contributed by atoms with Crippen LogP contribution in [0.5, 0.6) is 0 Å². The summed E-state index contributed by atoms with van der Waals surface area (Å²) in [5.41, 5.74) is 4.61. The minimum Gasteiger partial charge on any atom is -0.453 e. The highest BCUT2D eigenvalue weighted by Crippen LogP contribution is 2.63. The van der Waals surface area contributed by atoms with Gasteiger partial charge in [-0.1, -0.05) is 80.6 Å². The number of benzene rings is 2. The lowest BCUT2D eigenvalue weighted by Gasteiger charge is -2.53. The molecule has 2 nitrogen and oxygen atoms in total. The number of allylic oxidation sites excluding steroid dienone is 1. The van der Waals surface area contributed by atoms with Crippen LogP contribution in [-0.4, -0.2) is 11.6 Å². The van der Waals surface area contributed by atoms with Crippen LogP contribution < -0.4 is 0 Å². The molecule has 3 aliphatic rings. The first kappa shape index (κ1) is 20.3. The van der Waals surface area contributed by atoms with Gasteiger partial charge in [-0.25, -0.2) is 0 Å². The molecule has 0 aromatic heterocycles. The van der Waals surface area contributed by atoms with Crippen LogP contribution in [0.1, 0.15) is 55.7 Å². The lowest BCUT2D eigenvalue weighted by Crippen LogP contribution is -2.53. The summed E-state index contributed by atoms with van der Waals surface area (Å²) in [5.74, 6) is 0.951. The molecule has 2 aliphatic carbocycles. The molecule has 0 N–H and O–H groups in total. The van der Waals surface area contributed by atoms with Gasteiger partial charge in [0.1, 0.15) is 5.60 Å². The van der Waals surface area contributed by atoms with E-state index in [2.05, 4.69) is 81.1 Å². The zero-order valence-corrected chi connectivity index (χ0v) is 18.6. The fourth-order valence-electron chi connectivity index (χ4n) is 6.65. The molecule has 1 heterocycles. The smallest absolute Gasteiger partial charge is 0.314 e. The first-order chi connectivity index (χ1) is 15.1. The summed E-state index contributed by atoms with van der Waals surface area (Å²) < 4.78 is 6.61. The van der Waals surface area contributed by atoms with Gasteiger partial charge in [-0.05, 0) is 59.8 Å². The number of hydrogen-bond donors (Lipinski definition) is 0. The molecule has 2 fully saturated rings. The number of fused-ring (bicyclic) bond motifs is 2. The summed E-state index contributed by atoms with van der Waals surface area (Å²) in [6.45, 7) is 8.35. The van der Waals surface area contributed by atoms with Gasteiger partial charge in [0.25, 0.3) is 0 Å². The van der Waals surface area contributed by atoms with Crippen molar-refractivity contribution in [3.63, 3.8) is 0 Å². The Bertz CT molecular complexity index is 1020. The third-order valence-corrected chi connectivity index (χ3v) is 7.84. The van der Waals surface area contributed by atoms with Crippen molar-refractivity contribution >= 4 is 12.0 Å². The normalized spacial score (nSPS) is 31.3. The maximum atomic E-state index is 13.4. The Labute approximate surface area is 186 Å². The second kappa shape index (κ2) is 7.82. The Balaban J connectivity index is 1.71. The van der Waals surface area contributed by atoms with Crippen LogP contribution in [0.2, 0.25) is 0 Å². The Morgan fingerprint density at radius 3 is 2.58 bits per heavy atom. The molecule has 31 heavy (non-hydrogen) atoms. The third kappa shape index (κ3) is 3.11. The number of hydrogen-bond acceptors (Lipinski definition) is 2. The predicted molar refractivity (Wildman–Crippen MR) is 125 cm³/mol. The lowest BCUT2D eigenvalue weighted by molar-refractivity contribution is -0.161. The van der Waals surface area contributed by atoms with Crippen molar-refractivity contribution in [1.82, 2.24) is 0 Å². The highest BCUT2D eigenvalue weighted by Gasteiger charge is 2.64. The minimum absolute atomic E-state index is 0.0311. The van der Waals surface area contributed by atoms with Crippen molar-refractivity contribution < 1.29 is 9.53 Å². The van der Waals surface area contributed by atoms with E-state index < -0.39 is 5.60 Å². The molecule has 1 aliphatic heterocycles. The van der Waals surface area contributed by atoms with Gasteiger partial charge in [-0.15, -0.1) is 6.58 Å². The maximum absolute atomic E-state index is 13.4. The Kier molecular flexibility index (Phi) is 5.12. The monoisotopic (exact) mass is 412 g/mol. The van der Waals surface area contributed by atoms with E-state index in [-0.39, 0.29) is 29.6 Å². The van der Waals surface area contributed by atoms with E-state index in [0.29, 0.717) is 5.92 Å². The van der Waals surface area contributed by atoms with Gasteiger partial charge in [0.05, 0.1) is 5.92 Å². The van der Waals surface area contributed by atoms with Gasteiger partial charge < -0.3 is 4.74 Å². The SMILES string of the molecule is C=CCC1CCC(Cc2ccccc2)C23OC(=O)C(C(C)C)C2=Cc2ccccc2C13. The van der Waals surface area contributed by atoms with Crippen LogP contribution in [0.3, 0.4) is 0 Å². The summed E-state index contributed by atoms with van der Waals surface area (Å²) in [7, 11) is 0. The topological polar surface area (TPSA) is 26.3 Å². The molecule has 2 aromatic rings. The summed E-state index contributed by atoms with van der Waals surface area (Å²) >= 11 is 0. The van der Waals surface area contributed by atoms with Crippen molar-refractivity contribution in [3.8, 4) is 0 Å². The fraction of sp³-hybridized carbons (Fsp3) is 0.414. The van der Waals surface area contributed by atoms with Crippen LogP contribution in [-0.2, 0) is 16.0 Å². The van der Waals surface area contributed by atoms with E-state index in [4.69, 9.17) is 4.74 Å². The Hall–Kier alpha value is -2.61. The molecule has 5 atom stereocenters. The number of ether oxygens (including phenoxy) is 1. The zero-order chi connectivity index (χ0) is 21.6. The molecule has 2 aromatic carbocycles. The van der Waals surface area contributed by atoms with Crippen LogP contribution in [0.25, 0.3) is 6.08 Å². The molecule has 160 valence electrons. The van der Waals surface area contributed by atoms with E-state index >= 15 is 0 Å². The second-order valence-corrected chi connectivity index (χ2v) is 9.89. The van der Waals surface area contributed by atoms with E-state index in [1.54, 1.807) is 0 Å². The van der Waals surface area contributed by atoms with Crippen LogP contribution >= 0.6 is 0 Å². The van der Waals surface area contributed by atoms with E-state index in [1.807, 2.05) is 6.08 Å². The Morgan fingerprint density at radius 2 is 1.84 bits per heavy atom. The highest BCUT2D eigenvalue weighted by molar-refractivity contribution is 5.86. The molecule has 1 saturated heterocycles. The minimum atomic E-state index is -0.540. The fourth-order valence-corrected chi connectivity index (χ4v) is 6.65. The standard InChI is InChI=1S/C29H32O2/c1-4-10-21-15-16-23(17-20-11-6-5-7-12-20)29-25(26(19(2)3)28(30)31-29)18-22-13-8-9-14-24(22)27(21)29/h4-9,11-14,18-19,21,23,26-27H,1,10,15-17H2,2-3H3. The first-order valence-corrected chi connectivity index (χ1v) is 11.7. The molecule has 5 unspecified atom stereocenters. The van der Waals surface area contributed by atoms with Crippen molar-refractivity contribution in [2.75, 3.05) is 0 Å². The van der Waals surface area contributed by atoms with Gasteiger partial charge in [0.15, 0.2) is 0 Å². The Morgan fingerprint density at radius 1 is 1.10 bits per heavy atom. The highest BCUT2D eigenvalue weighted by atomic mass is 16.6. The average Bonchev–Trinajstić information content (AvgIpc) is 3.06. The molecule has 0 radical (unpaired) electrons. The number of rotatable bonds is 5. The third-order valence-electron chi connectivity index (χ3n) is 7.84. The molecule has 2 heteroatoms. The quantitative estimate of drug-likeness (QED) is 0.409. The van der Waals surface area contributed by atoms with Crippen molar-refractivity contribution in [2.45, 2.75) is 51.0 Å².